The van der Waals surface area contributed by atoms with Gasteiger partial charge in [-0.3, -0.25) is 0 Å². The van der Waals surface area contributed by atoms with Crippen LogP contribution in [-0.4, -0.2) is 31.3 Å². The van der Waals surface area contributed by atoms with Crippen LogP contribution in [0.5, 0.6) is 0 Å². The monoisotopic (exact) mass is 259 g/mol. The van der Waals surface area contributed by atoms with Crippen molar-refractivity contribution in [3.8, 4) is 6.07 Å². The van der Waals surface area contributed by atoms with Crippen LogP contribution in [0.15, 0.2) is 18.2 Å². The van der Waals surface area contributed by atoms with Gasteiger partial charge in [-0.15, -0.1) is 0 Å². The van der Waals surface area contributed by atoms with E-state index < -0.39 is 0 Å². The number of hydrogen-bond donors (Lipinski definition) is 2. The van der Waals surface area contributed by atoms with Gasteiger partial charge in [-0.2, -0.15) is 5.26 Å². The van der Waals surface area contributed by atoms with Crippen molar-refractivity contribution >= 4 is 5.69 Å². The van der Waals surface area contributed by atoms with Gasteiger partial charge in [-0.1, -0.05) is 6.07 Å². The average molecular weight is 259 g/mol. The first-order valence-electron chi connectivity index (χ1n) is 6.85. The molecule has 1 aliphatic rings. The summed E-state index contributed by atoms with van der Waals surface area (Å²) in [6, 6.07) is 8.44. The van der Waals surface area contributed by atoms with Crippen molar-refractivity contribution in [2.75, 3.05) is 25.1 Å². The Morgan fingerprint density at radius 1 is 1.47 bits per heavy atom. The average Bonchev–Trinajstić information content (AvgIpc) is 2.47. The lowest BCUT2D eigenvalue weighted by molar-refractivity contribution is 0.240. The van der Waals surface area contributed by atoms with Crippen molar-refractivity contribution in [2.45, 2.75) is 31.8 Å². The summed E-state index contributed by atoms with van der Waals surface area (Å²) in [6.45, 7) is 1.84. The summed E-state index contributed by atoms with van der Waals surface area (Å²) in [7, 11) is 1.90. The van der Waals surface area contributed by atoms with Gasteiger partial charge in [0.05, 0.1) is 23.9 Å². The number of rotatable bonds is 4. The standard InChI is InChI=1S/C15H21N3O/c1-17-10-12-5-6-15(13(8-12)9-16)18-7-3-2-4-14(18)11-19/h5-6,8,14,17,19H,2-4,7,10-11H2,1H3. The highest BCUT2D eigenvalue weighted by molar-refractivity contribution is 5.61. The number of aliphatic hydroxyl groups excluding tert-OH is 1. The Morgan fingerprint density at radius 3 is 3.00 bits per heavy atom. The first kappa shape index (κ1) is 13.9. The number of hydrogen-bond acceptors (Lipinski definition) is 4. The van der Waals surface area contributed by atoms with Gasteiger partial charge in [0, 0.05) is 13.1 Å². The van der Waals surface area contributed by atoms with E-state index in [1.807, 2.05) is 19.2 Å². The molecule has 2 N–H and O–H groups in total. The highest BCUT2D eigenvalue weighted by Gasteiger charge is 2.23. The number of benzene rings is 1. The maximum atomic E-state index is 9.49. The molecule has 2 rings (SSSR count). The van der Waals surface area contributed by atoms with Crippen LogP contribution in [0.2, 0.25) is 0 Å². The third-order valence-corrected chi connectivity index (χ3v) is 3.71. The van der Waals surface area contributed by atoms with E-state index in [2.05, 4.69) is 22.4 Å². The zero-order chi connectivity index (χ0) is 13.7. The van der Waals surface area contributed by atoms with Gasteiger partial charge in [0.15, 0.2) is 0 Å². The molecule has 1 aromatic carbocycles. The van der Waals surface area contributed by atoms with Crippen molar-refractivity contribution in [1.29, 1.82) is 5.26 Å². The first-order valence-corrected chi connectivity index (χ1v) is 6.85. The molecule has 1 atom stereocenters. The molecule has 0 spiro atoms. The van der Waals surface area contributed by atoms with Gasteiger partial charge in [-0.05, 0) is 44.0 Å². The second kappa shape index (κ2) is 6.55. The normalized spacial score (nSPS) is 19.2. The molecule has 19 heavy (non-hydrogen) atoms. The Hall–Kier alpha value is -1.57. The second-order valence-corrected chi connectivity index (χ2v) is 5.02. The number of nitrogens with one attached hydrogen (secondary N) is 1. The van der Waals surface area contributed by atoms with E-state index in [1.165, 1.54) is 0 Å². The third-order valence-electron chi connectivity index (χ3n) is 3.71. The van der Waals surface area contributed by atoms with E-state index in [0.29, 0.717) is 5.56 Å². The zero-order valence-electron chi connectivity index (χ0n) is 11.4. The molecule has 102 valence electrons. The van der Waals surface area contributed by atoms with Crippen LogP contribution in [0.3, 0.4) is 0 Å². The fraction of sp³-hybridized carbons (Fsp3) is 0.533. The molecule has 0 amide bonds. The van der Waals surface area contributed by atoms with Crippen molar-refractivity contribution in [3.63, 3.8) is 0 Å². The molecule has 0 saturated carbocycles. The summed E-state index contributed by atoms with van der Waals surface area (Å²) in [6.07, 6.45) is 3.28. The molecule has 0 bridgehead atoms. The van der Waals surface area contributed by atoms with Crippen molar-refractivity contribution in [2.24, 2.45) is 0 Å². The zero-order valence-corrected chi connectivity index (χ0v) is 11.4. The molecular weight excluding hydrogens is 238 g/mol. The minimum absolute atomic E-state index is 0.149. The third kappa shape index (κ3) is 3.06. The maximum Gasteiger partial charge on any atom is 0.101 e. The van der Waals surface area contributed by atoms with E-state index in [4.69, 9.17) is 0 Å². The highest BCUT2D eigenvalue weighted by atomic mass is 16.3. The number of nitriles is 1. The lowest BCUT2D eigenvalue weighted by Gasteiger charge is -2.37. The smallest absolute Gasteiger partial charge is 0.101 e. The molecule has 0 radical (unpaired) electrons. The van der Waals surface area contributed by atoms with Gasteiger partial charge < -0.3 is 15.3 Å². The van der Waals surface area contributed by atoms with Crippen LogP contribution in [0.25, 0.3) is 0 Å². The quantitative estimate of drug-likeness (QED) is 0.863. The minimum Gasteiger partial charge on any atom is -0.394 e. The molecule has 0 aromatic heterocycles. The molecule has 1 fully saturated rings. The highest BCUT2D eigenvalue weighted by Crippen LogP contribution is 2.28. The Bertz CT molecular complexity index is 467. The van der Waals surface area contributed by atoms with Crippen LogP contribution in [0.4, 0.5) is 5.69 Å². The molecule has 1 aromatic rings. The van der Waals surface area contributed by atoms with Gasteiger partial charge in [0.2, 0.25) is 0 Å². The Balaban J connectivity index is 2.30. The molecule has 1 unspecified atom stereocenters. The molecular formula is C15H21N3O. The first-order chi connectivity index (χ1) is 9.30. The topological polar surface area (TPSA) is 59.3 Å². The SMILES string of the molecule is CNCc1ccc(N2CCCCC2CO)c(C#N)c1. The molecule has 4 heteroatoms. The van der Waals surface area contributed by atoms with E-state index in [1.54, 1.807) is 0 Å². The van der Waals surface area contributed by atoms with Crippen molar-refractivity contribution in [3.05, 3.63) is 29.3 Å². The molecule has 1 saturated heterocycles. The fourth-order valence-electron chi connectivity index (χ4n) is 2.74. The van der Waals surface area contributed by atoms with Crippen LogP contribution >= 0.6 is 0 Å². The van der Waals surface area contributed by atoms with E-state index in [0.717, 1.165) is 43.6 Å². The predicted octanol–water partition coefficient (Wildman–Crippen LogP) is 1.63. The van der Waals surface area contributed by atoms with Crippen LogP contribution in [-0.2, 0) is 6.54 Å². The van der Waals surface area contributed by atoms with E-state index in [-0.39, 0.29) is 12.6 Å². The Kier molecular flexibility index (Phi) is 4.78. The van der Waals surface area contributed by atoms with Gasteiger partial charge >= 0.3 is 0 Å². The van der Waals surface area contributed by atoms with Crippen molar-refractivity contribution < 1.29 is 5.11 Å². The lowest BCUT2D eigenvalue weighted by atomic mass is 9.99. The summed E-state index contributed by atoms with van der Waals surface area (Å²) in [5.41, 5.74) is 2.77. The summed E-state index contributed by atoms with van der Waals surface area (Å²) in [5, 5.41) is 21.9. The molecule has 4 nitrogen and oxygen atoms in total. The maximum absolute atomic E-state index is 9.49. The largest absolute Gasteiger partial charge is 0.394 e. The molecule has 1 heterocycles. The van der Waals surface area contributed by atoms with Crippen LogP contribution < -0.4 is 10.2 Å². The minimum atomic E-state index is 0.149. The Morgan fingerprint density at radius 2 is 2.32 bits per heavy atom. The number of nitrogens with zero attached hydrogens (tertiary/aromatic N) is 2. The summed E-state index contributed by atoms with van der Waals surface area (Å²) in [5.74, 6) is 0. The van der Waals surface area contributed by atoms with Crippen LogP contribution in [0.1, 0.15) is 30.4 Å². The van der Waals surface area contributed by atoms with Gasteiger partial charge in [0.1, 0.15) is 6.07 Å². The van der Waals surface area contributed by atoms with E-state index >= 15 is 0 Å². The summed E-state index contributed by atoms with van der Waals surface area (Å²) < 4.78 is 0. The fourth-order valence-corrected chi connectivity index (χ4v) is 2.74. The molecule has 0 aliphatic carbocycles. The van der Waals surface area contributed by atoms with Crippen molar-refractivity contribution in [1.82, 2.24) is 5.32 Å². The van der Waals surface area contributed by atoms with Gasteiger partial charge in [-0.25, -0.2) is 0 Å². The summed E-state index contributed by atoms with van der Waals surface area (Å²) >= 11 is 0. The second-order valence-electron chi connectivity index (χ2n) is 5.02. The Labute approximate surface area is 114 Å². The molecule has 1 aliphatic heterocycles. The van der Waals surface area contributed by atoms with Gasteiger partial charge in [0.25, 0.3) is 0 Å². The summed E-state index contributed by atoms with van der Waals surface area (Å²) in [4.78, 5) is 2.19. The van der Waals surface area contributed by atoms with E-state index in [9.17, 15) is 10.4 Å². The van der Waals surface area contributed by atoms with Crippen LogP contribution in [0, 0.1) is 11.3 Å². The lowest BCUT2D eigenvalue weighted by Crippen LogP contribution is -2.42. The number of piperidine rings is 1. The number of anilines is 1. The predicted molar refractivity (Wildman–Crippen MR) is 76.0 cm³/mol. The number of aliphatic hydroxyl groups is 1.